The lowest BCUT2D eigenvalue weighted by Crippen LogP contribution is -2.58. The van der Waals surface area contributed by atoms with Gasteiger partial charge in [0.05, 0.1) is 17.5 Å². The van der Waals surface area contributed by atoms with E-state index in [4.69, 9.17) is 0 Å². The summed E-state index contributed by atoms with van der Waals surface area (Å²) in [5.74, 6) is -0.109. The first-order chi connectivity index (χ1) is 14.9. The highest BCUT2D eigenvalue weighted by Gasteiger charge is 2.44. The molecule has 166 valence electrons. The van der Waals surface area contributed by atoms with E-state index < -0.39 is 10.0 Å². The Morgan fingerprint density at radius 1 is 1.19 bits per heavy atom. The molecule has 31 heavy (non-hydrogen) atoms. The number of piperazine rings is 1. The van der Waals surface area contributed by atoms with E-state index in [2.05, 4.69) is 15.4 Å². The fourth-order valence-electron chi connectivity index (χ4n) is 4.20. The van der Waals surface area contributed by atoms with Gasteiger partial charge < -0.3 is 10.6 Å². The molecular weight excluding hydrogens is 436 g/mol. The molecule has 0 aliphatic carbocycles. The maximum Gasteiger partial charge on any atom is 0.240 e. The molecule has 8 nitrogen and oxygen atoms in total. The van der Waals surface area contributed by atoms with Crippen LogP contribution in [0, 0.1) is 0 Å². The summed E-state index contributed by atoms with van der Waals surface area (Å²) in [7, 11) is -3.65. The Labute approximate surface area is 186 Å². The number of carbonyl (C=O) groups excluding carboxylic acids is 2. The number of fused-ring (bicyclic) bond motifs is 1. The van der Waals surface area contributed by atoms with Crippen molar-refractivity contribution in [2.24, 2.45) is 0 Å². The molecule has 3 atom stereocenters. The molecular formula is C21H26N4O4S2. The lowest BCUT2D eigenvalue weighted by Gasteiger charge is -2.37. The third kappa shape index (κ3) is 5.32. The van der Waals surface area contributed by atoms with Crippen molar-refractivity contribution in [3.63, 3.8) is 0 Å². The van der Waals surface area contributed by atoms with E-state index in [0.717, 1.165) is 4.88 Å². The van der Waals surface area contributed by atoms with Crippen LogP contribution in [0.3, 0.4) is 0 Å². The van der Waals surface area contributed by atoms with Gasteiger partial charge in [0.2, 0.25) is 21.8 Å². The van der Waals surface area contributed by atoms with E-state index in [1.807, 2.05) is 22.4 Å². The Bertz CT molecular complexity index is 1010. The number of nitrogens with zero attached hydrogens (tertiary/aromatic N) is 1. The summed E-state index contributed by atoms with van der Waals surface area (Å²) < 4.78 is 28.1. The number of sulfonamides is 1. The van der Waals surface area contributed by atoms with Crippen molar-refractivity contribution in [2.75, 3.05) is 13.1 Å². The van der Waals surface area contributed by atoms with Crippen molar-refractivity contribution in [1.29, 1.82) is 0 Å². The molecule has 3 heterocycles. The normalized spacial score (nSPS) is 23.9. The standard InChI is InChI=1S/C21H26N4O4S2/c26-20(22-13-17-5-4-10-30-17)9-8-16-12-23-21(27)19-11-15(14-25(16)19)24-31(28,29)18-6-2-1-3-7-18/h1-7,10,15-16,19,24H,8-9,11-14H2,(H,22,26)(H,23,27). The molecule has 4 rings (SSSR count). The van der Waals surface area contributed by atoms with Gasteiger partial charge in [-0.2, -0.15) is 0 Å². The van der Waals surface area contributed by atoms with E-state index in [1.54, 1.807) is 41.7 Å². The van der Waals surface area contributed by atoms with E-state index >= 15 is 0 Å². The molecule has 0 radical (unpaired) electrons. The minimum atomic E-state index is -3.65. The number of nitrogens with one attached hydrogen (secondary N) is 3. The lowest BCUT2D eigenvalue weighted by molar-refractivity contribution is -0.129. The van der Waals surface area contributed by atoms with Crippen LogP contribution in [-0.2, 0) is 26.2 Å². The quantitative estimate of drug-likeness (QED) is 0.544. The number of thiophene rings is 1. The molecule has 3 unspecified atom stereocenters. The Kier molecular flexibility index (Phi) is 6.71. The monoisotopic (exact) mass is 462 g/mol. The molecule has 1 aromatic carbocycles. The first-order valence-electron chi connectivity index (χ1n) is 10.3. The number of hydrogen-bond acceptors (Lipinski definition) is 6. The van der Waals surface area contributed by atoms with Crippen LogP contribution in [0.4, 0.5) is 0 Å². The van der Waals surface area contributed by atoms with Gasteiger partial charge in [0.1, 0.15) is 0 Å². The molecule has 0 bridgehead atoms. The highest BCUT2D eigenvalue weighted by atomic mass is 32.2. The second-order valence-corrected chi connectivity index (χ2v) is 10.6. The van der Waals surface area contributed by atoms with Crippen molar-refractivity contribution in [2.45, 2.75) is 48.8 Å². The van der Waals surface area contributed by atoms with E-state index in [1.165, 1.54) is 0 Å². The second-order valence-electron chi connectivity index (χ2n) is 7.87. The molecule has 0 saturated carbocycles. The Morgan fingerprint density at radius 3 is 2.74 bits per heavy atom. The second kappa shape index (κ2) is 9.47. The molecule has 2 aliphatic rings. The van der Waals surface area contributed by atoms with Crippen LogP contribution >= 0.6 is 11.3 Å². The molecule has 0 spiro atoms. The predicted molar refractivity (Wildman–Crippen MR) is 118 cm³/mol. The van der Waals surface area contributed by atoms with Gasteiger partial charge in [-0.05, 0) is 36.4 Å². The summed E-state index contributed by atoms with van der Waals surface area (Å²) in [6.07, 6.45) is 1.37. The first kappa shape index (κ1) is 21.9. The SMILES string of the molecule is O=C(CCC1CNC(=O)C2CC(NS(=O)(=O)c3ccccc3)CN12)NCc1cccs1. The highest BCUT2D eigenvalue weighted by Crippen LogP contribution is 2.27. The molecule has 3 N–H and O–H groups in total. The Morgan fingerprint density at radius 2 is 2.00 bits per heavy atom. The Hall–Kier alpha value is -2.27. The minimum Gasteiger partial charge on any atom is -0.353 e. The molecule has 2 aliphatic heterocycles. The summed E-state index contributed by atoms with van der Waals surface area (Å²) in [6.45, 7) is 1.44. The zero-order chi connectivity index (χ0) is 21.8. The van der Waals surface area contributed by atoms with Crippen molar-refractivity contribution < 1.29 is 18.0 Å². The zero-order valence-electron chi connectivity index (χ0n) is 17.0. The number of rotatable bonds is 8. The van der Waals surface area contributed by atoms with Crippen LogP contribution in [0.2, 0.25) is 0 Å². The zero-order valence-corrected chi connectivity index (χ0v) is 18.6. The van der Waals surface area contributed by atoms with Gasteiger partial charge in [0, 0.05) is 36.5 Å². The number of benzene rings is 1. The fourth-order valence-corrected chi connectivity index (χ4v) is 6.11. The van der Waals surface area contributed by atoms with Crippen molar-refractivity contribution in [3.05, 3.63) is 52.7 Å². The van der Waals surface area contributed by atoms with Crippen LogP contribution < -0.4 is 15.4 Å². The Balaban J connectivity index is 1.33. The smallest absolute Gasteiger partial charge is 0.240 e. The lowest BCUT2D eigenvalue weighted by atomic mass is 10.0. The van der Waals surface area contributed by atoms with Gasteiger partial charge >= 0.3 is 0 Å². The average molecular weight is 463 g/mol. The summed E-state index contributed by atoms with van der Waals surface area (Å²) in [4.78, 5) is 28.0. The van der Waals surface area contributed by atoms with Crippen molar-refractivity contribution >= 4 is 33.2 Å². The van der Waals surface area contributed by atoms with Crippen LogP contribution in [0.15, 0.2) is 52.7 Å². The van der Waals surface area contributed by atoms with Crippen LogP contribution in [0.5, 0.6) is 0 Å². The highest BCUT2D eigenvalue weighted by molar-refractivity contribution is 7.89. The van der Waals surface area contributed by atoms with Gasteiger partial charge in [-0.3, -0.25) is 14.5 Å². The molecule has 1 aromatic heterocycles. The van der Waals surface area contributed by atoms with Crippen molar-refractivity contribution in [3.8, 4) is 0 Å². The number of carbonyl (C=O) groups is 2. The van der Waals surface area contributed by atoms with Crippen LogP contribution in [0.1, 0.15) is 24.1 Å². The third-order valence-corrected chi connectivity index (χ3v) is 8.16. The summed E-state index contributed by atoms with van der Waals surface area (Å²) in [5.41, 5.74) is 0. The van der Waals surface area contributed by atoms with Gasteiger partial charge in [-0.25, -0.2) is 13.1 Å². The minimum absolute atomic E-state index is 0.00131. The maximum absolute atomic E-state index is 12.7. The van der Waals surface area contributed by atoms with E-state index in [-0.39, 0.29) is 34.8 Å². The maximum atomic E-state index is 12.7. The van der Waals surface area contributed by atoms with Crippen molar-refractivity contribution in [1.82, 2.24) is 20.3 Å². The number of amides is 2. The largest absolute Gasteiger partial charge is 0.353 e. The molecule has 2 saturated heterocycles. The van der Waals surface area contributed by atoms with Crippen LogP contribution in [0.25, 0.3) is 0 Å². The first-order valence-corrected chi connectivity index (χ1v) is 12.7. The number of hydrogen-bond donors (Lipinski definition) is 3. The summed E-state index contributed by atoms with van der Waals surface area (Å²) >= 11 is 1.60. The molecule has 2 aromatic rings. The predicted octanol–water partition coefficient (Wildman–Crippen LogP) is 1.06. The average Bonchev–Trinajstić information content (AvgIpc) is 3.42. The molecule has 10 heteroatoms. The topological polar surface area (TPSA) is 108 Å². The van der Waals surface area contributed by atoms with Gasteiger partial charge in [-0.1, -0.05) is 24.3 Å². The fraction of sp³-hybridized carbons (Fsp3) is 0.429. The third-order valence-electron chi connectivity index (χ3n) is 5.74. The summed E-state index contributed by atoms with van der Waals surface area (Å²) in [6, 6.07) is 11.4. The van der Waals surface area contributed by atoms with Gasteiger partial charge in [0.15, 0.2) is 0 Å². The van der Waals surface area contributed by atoms with Crippen LogP contribution in [-0.4, -0.2) is 56.3 Å². The molecule has 2 amide bonds. The van der Waals surface area contributed by atoms with E-state index in [0.29, 0.717) is 38.9 Å². The summed E-state index contributed by atoms with van der Waals surface area (Å²) in [5, 5.41) is 7.81. The van der Waals surface area contributed by atoms with Gasteiger partial charge in [0.25, 0.3) is 0 Å². The van der Waals surface area contributed by atoms with Gasteiger partial charge in [-0.15, -0.1) is 11.3 Å². The van der Waals surface area contributed by atoms with E-state index in [9.17, 15) is 18.0 Å². The molecule has 2 fully saturated rings.